The van der Waals surface area contributed by atoms with Gasteiger partial charge in [0.1, 0.15) is 5.69 Å². The molecule has 1 aromatic heterocycles. The Kier molecular flexibility index (Phi) is 5.16. The SMILES string of the molecule is CCN1CCN(c2ccc(N(N)c3nc(C=O)ccc3N)cc2)CC1. The Morgan fingerprint density at radius 3 is 2.40 bits per heavy atom. The molecule has 0 spiro atoms. The number of aromatic nitrogens is 1. The van der Waals surface area contributed by atoms with Gasteiger partial charge < -0.3 is 15.5 Å². The summed E-state index contributed by atoms with van der Waals surface area (Å²) in [5, 5.41) is 1.40. The summed E-state index contributed by atoms with van der Waals surface area (Å²) < 4.78 is 0. The number of nitrogens with two attached hydrogens (primary N) is 2. The molecule has 1 aliphatic rings. The quantitative estimate of drug-likeness (QED) is 0.485. The summed E-state index contributed by atoms with van der Waals surface area (Å²) >= 11 is 0. The average Bonchev–Trinajstić information content (AvgIpc) is 2.68. The zero-order chi connectivity index (χ0) is 17.8. The van der Waals surface area contributed by atoms with Gasteiger partial charge in [-0.15, -0.1) is 0 Å². The summed E-state index contributed by atoms with van der Waals surface area (Å²) in [5.74, 6) is 6.53. The Bertz CT molecular complexity index is 725. The van der Waals surface area contributed by atoms with Crippen LogP contribution in [0.4, 0.5) is 22.9 Å². The number of aldehydes is 1. The average molecular weight is 340 g/mol. The molecule has 0 unspecified atom stereocenters. The molecular formula is C18H24N6O. The summed E-state index contributed by atoms with van der Waals surface area (Å²) in [4.78, 5) is 19.9. The van der Waals surface area contributed by atoms with Crippen molar-refractivity contribution in [1.29, 1.82) is 0 Å². The second-order valence-corrected chi connectivity index (χ2v) is 6.07. The number of likely N-dealkylation sites (N-methyl/N-ethyl adjacent to an activating group) is 1. The van der Waals surface area contributed by atoms with Crippen molar-refractivity contribution >= 4 is 29.2 Å². The highest BCUT2D eigenvalue weighted by molar-refractivity contribution is 5.78. The van der Waals surface area contributed by atoms with E-state index in [9.17, 15) is 4.79 Å². The van der Waals surface area contributed by atoms with Crippen LogP contribution in [0.2, 0.25) is 0 Å². The van der Waals surface area contributed by atoms with Gasteiger partial charge >= 0.3 is 0 Å². The molecule has 25 heavy (non-hydrogen) atoms. The molecule has 132 valence electrons. The third-order valence-electron chi connectivity index (χ3n) is 4.59. The molecule has 0 amide bonds. The van der Waals surface area contributed by atoms with Crippen molar-refractivity contribution in [2.24, 2.45) is 5.84 Å². The van der Waals surface area contributed by atoms with Gasteiger partial charge in [-0.1, -0.05) is 6.92 Å². The molecule has 3 rings (SSSR count). The number of rotatable bonds is 5. The van der Waals surface area contributed by atoms with Crippen LogP contribution in [0.1, 0.15) is 17.4 Å². The Morgan fingerprint density at radius 1 is 1.12 bits per heavy atom. The third-order valence-corrected chi connectivity index (χ3v) is 4.59. The van der Waals surface area contributed by atoms with E-state index in [1.165, 1.54) is 10.7 Å². The van der Waals surface area contributed by atoms with Crippen molar-refractivity contribution in [2.45, 2.75) is 6.92 Å². The first-order chi connectivity index (χ1) is 12.1. The van der Waals surface area contributed by atoms with Crippen LogP contribution in [0.15, 0.2) is 36.4 Å². The summed E-state index contributed by atoms with van der Waals surface area (Å²) in [6, 6.07) is 11.2. The molecule has 2 heterocycles. The second-order valence-electron chi connectivity index (χ2n) is 6.07. The highest BCUT2D eigenvalue weighted by Gasteiger charge is 2.16. The van der Waals surface area contributed by atoms with Gasteiger partial charge in [0, 0.05) is 31.9 Å². The van der Waals surface area contributed by atoms with Crippen molar-refractivity contribution in [3.63, 3.8) is 0 Å². The minimum Gasteiger partial charge on any atom is -0.396 e. The van der Waals surface area contributed by atoms with Gasteiger partial charge in [0.2, 0.25) is 0 Å². The van der Waals surface area contributed by atoms with E-state index in [1.807, 2.05) is 12.1 Å². The van der Waals surface area contributed by atoms with Crippen LogP contribution in [-0.2, 0) is 0 Å². The Labute approximate surface area is 147 Å². The first-order valence-electron chi connectivity index (χ1n) is 8.46. The molecule has 2 aromatic rings. The van der Waals surface area contributed by atoms with E-state index in [-0.39, 0.29) is 0 Å². The molecule has 0 aliphatic carbocycles. The highest BCUT2D eigenvalue weighted by Crippen LogP contribution is 2.27. The predicted octanol–water partition coefficient (Wildman–Crippen LogP) is 1.63. The van der Waals surface area contributed by atoms with Crippen molar-refractivity contribution in [2.75, 3.05) is 48.4 Å². The maximum absolute atomic E-state index is 10.9. The third kappa shape index (κ3) is 3.72. The number of carbonyl (C=O) groups excluding carboxylic acids is 1. The number of hydrazine groups is 1. The van der Waals surface area contributed by atoms with Gasteiger partial charge in [0.05, 0.1) is 11.4 Å². The van der Waals surface area contributed by atoms with Crippen LogP contribution in [0, 0.1) is 0 Å². The number of nitrogen functional groups attached to an aromatic ring is 1. The lowest BCUT2D eigenvalue weighted by atomic mass is 10.2. The fourth-order valence-corrected chi connectivity index (χ4v) is 3.00. The normalized spacial score (nSPS) is 15.2. The highest BCUT2D eigenvalue weighted by atomic mass is 16.1. The summed E-state index contributed by atoms with van der Waals surface area (Å²) in [6.07, 6.45) is 0.676. The monoisotopic (exact) mass is 340 g/mol. The van der Waals surface area contributed by atoms with Gasteiger partial charge in [-0.25, -0.2) is 10.8 Å². The molecule has 1 aromatic carbocycles. The van der Waals surface area contributed by atoms with Gasteiger partial charge in [-0.2, -0.15) is 0 Å². The van der Waals surface area contributed by atoms with Crippen molar-refractivity contribution in [3.05, 3.63) is 42.1 Å². The van der Waals surface area contributed by atoms with Crippen molar-refractivity contribution in [3.8, 4) is 0 Å². The summed E-state index contributed by atoms with van der Waals surface area (Å²) in [7, 11) is 0. The van der Waals surface area contributed by atoms with Crippen molar-refractivity contribution in [1.82, 2.24) is 9.88 Å². The molecule has 0 atom stereocenters. The topological polar surface area (TPSA) is 91.7 Å². The maximum atomic E-state index is 10.9. The molecule has 7 nitrogen and oxygen atoms in total. The molecule has 0 saturated carbocycles. The molecule has 1 fully saturated rings. The number of anilines is 4. The zero-order valence-electron chi connectivity index (χ0n) is 14.4. The Balaban J connectivity index is 1.75. The van der Waals surface area contributed by atoms with E-state index >= 15 is 0 Å². The van der Waals surface area contributed by atoms with Gasteiger partial charge in [0.15, 0.2) is 12.1 Å². The van der Waals surface area contributed by atoms with Crippen LogP contribution in [-0.4, -0.2) is 48.9 Å². The molecular weight excluding hydrogens is 316 g/mol. The van der Waals surface area contributed by atoms with Gasteiger partial charge in [-0.05, 0) is 42.9 Å². The summed E-state index contributed by atoms with van der Waals surface area (Å²) in [6.45, 7) is 7.51. The molecule has 0 radical (unpaired) electrons. The van der Waals surface area contributed by atoms with Crippen LogP contribution in [0.3, 0.4) is 0 Å². The molecule has 0 bridgehead atoms. The van der Waals surface area contributed by atoms with Crippen LogP contribution in [0.5, 0.6) is 0 Å². The number of hydrogen-bond donors (Lipinski definition) is 2. The van der Waals surface area contributed by atoms with E-state index in [0.717, 1.165) is 38.4 Å². The fourth-order valence-electron chi connectivity index (χ4n) is 3.00. The van der Waals surface area contributed by atoms with Crippen LogP contribution in [0.25, 0.3) is 0 Å². The van der Waals surface area contributed by atoms with E-state index < -0.39 is 0 Å². The first kappa shape index (κ1) is 17.2. The van der Waals surface area contributed by atoms with E-state index in [1.54, 1.807) is 12.1 Å². The second kappa shape index (κ2) is 7.50. The number of nitrogens with zero attached hydrogens (tertiary/aromatic N) is 4. The number of pyridine rings is 1. The smallest absolute Gasteiger partial charge is 0.171 e. The lowest BCUT2D eigenvalue weighted by Gasteiger charge is -2.35. The minimum atomic E-state index is 0.296. The first-order valence-corrected chi connectivity index (χ1v) is 8.46. The standard InChI is InChI=1S/C18H24N6O/c1-2-22-9-11-23(12-10-22)15-4-6-16(7-5-15)24(20)18-17(19)8-3-14(13-25)21-18/h3-8,13H,2,9-12,19-20H2,1H3. The Morgan fingerprint density at radius 2 is 1.80 bits per heavy atom. The van der Waals surface area contributed by atoms with E-state index in [0.29, 0.717) is 23.5 Å². The number of benzene rings is 1. The summed E-state index contributed by atoms with van der Waals surface area (Å²) in [5.41, 5.74) is 8.60. The number of hydrogen-bond acceptors (Lipinski definition) is 7. The van der Waals surface area contributed by atoms with Gasteiger partial charge in [0.25, 0.3) is 0 Å². The largest absolute Gasteiger partial charge is 0.396 e. The molecule has 7 heteroatoms. The van der Waals surface area contributed by atoms with Gasteiger partial charge in [-0.3, -0.25) is 9.80 Å². The minimum absolute atomic E-state index is 0.296. The zero-order valence-corrected chi connectivity index (χ0v) is 14.4. The van der Waals surface area contributed by atoms with Crippen LogP contribution >= 0.6 is 0 Å². The van der Waals surface area contributed by atoms with Crippen LogP contribution < -0.4 is 21.5 Å². The predicted molar refractivity (Wildman–Crippen MR) is 101 cm³/mol. The van der Waals surface area contributed by atoms with E-state index in [2.05, 4.69) is 33.8 Å². The maximum Gasteiger partial charge on any atom is 0.171 e. The Hall–Kier alpha value is -2.64. The number of carbonyl (C=O) groups is 1. The fraction of sp³-hybridized carbons (Fsp3) is 0.333. The molecule has 4 N–H and O–H groups in total. The molecule has 1 saturated heterocycles. The van der Waals surface area contributed by atoms with Crippen molar-refractivity contribution < 1.29 is 4.79 Å². The van der Waals surface area contributed by atoms with E-state index in [4.69, 9.17) is 11.6 Å². The lowest BCUT2D eigenvalue weighted by Crippen LogP contribution is -2.46. The molecule has 1 aliphatic heterocycles. The lowest BCUT2D eigenvalue weighted by molar-refractivity contribution is 0.111. The number of piperazine rings is 1.